The van der Waals surface area contributed by atoms with Gasteiger partial charge in [0, 0.05) is 22.8 Å². The van der Waals surface area contributed by atoms with Crippen LogP contribution in [0.2, 0.25) is 5.02 Å². The Bertz CT molecular complexity index is 766. The maximum Gasteiger partial charge on any atom is 0.326 e. The first-order chi connectivity index (χ1) is 11.7. The summed E-state index contributed by atoms with van der Waals surface area (Å²) in [7, 11) is 0. The minimum atomic E-state index is -1.07. The maximum atomic E-state index is 12.3. The summed E-state index contributed by atoms with van der Waals surface area (Å²) in [6.45, 7) is 5.95. The van der Waals surface area contributed by atoms with Gasteiger partial charge in [-0.05, 0) is 55.3 Å². The van der Waals surface area contributed by atoms with E-state index in [1.165, 1.54) is 11.3 Å². The van der Waals surface area contributed by atoms with Gasteiger partial charge in [0.2, 0.25) is 5.91 Å². The summed E-state index contributed by atoms with van der Waals surface area (Å²) in [5.74, 6) is -1.40. The summed E-state index contributed by atoms with van der Waals surface area (Å²) < 4.78 is 6.58. The molecule has 0 saturated carbocycles. The molecule has 0 aliphatic carbocycles. The molecule has 1 aromatic heterocycles. The highest BCUT2D eigenvalue weighted by atomic mass is 35.5. The lowest BCUT2D eigenvalue weighted by Crippen LogP contribution is -2.42. The smallest absolute Gasteiger partial charge is 0.326 e. The van der Waals surface area contributed by atoms with Crippen LogP contribution in [0, 0.1) is 0 Å². The fourth-order valence-electron chi connectivity index (χ4n) is 2.35. The van der Waals surface area contributed by atoms with E-state index < -0.39 is 12.0 Å². The number of carbonyl (C=O) groups is 2. The first kappa shape index (κ1) is 19.7. The van der Waals surface area contributed by atoms with Crippen molar-refractivity contribution in [2.45, 2.75) is 45.3 Å². The summed E-state index contributed by atoms with van der Waals surface area (Å²) in [4.78, 5) is 23.6. The van der Waals surface area contributed by atoms with Gasteiger partial charge in [-0.2, -0.15) is 0 Å². The summed E-state index contributed by atoms with van der Waals surface area (Å²) in [5, 5.41) is 15.3. The lowest BCUT2D eigenvalue weighted by Gasteiger charge is -2.21. The zero-order valence-electron chi connectivity index (χ0n) is 14.5. The Morgan fingerprint density at radius 1 is 1.36 bits per heavy atom. The molecule has 1 amide bonds. The summed E-state index contributed by atoms with van der Waals surface area (Å²) in [6.07, 6.45) is 0.332. The molecule has 136 valence electrons. The van der Waals surface area contributed by atoms with Gasteiger partial charge < -0.3 is 15.2 Å². The van der Waals surface area contributed by atoms with E-state index >= 15 is 0 Å². The number of hydrogen-bond donors (Lipinski definition) is 2. The molecule has 2 rings (SSSR count). The monoisotopic (exact) mass is 383 g/mol. The van der Waals surface area contributed by atoms with Crippen LogP contribution in [0.3, 0.4) is 0 Å². The number of benzene rings is 1. The van der Waals surface area contributed by atoms with Crippen molar-refractivity contribution in [3.63, 3.8) is 0 Å². The number of nitrogens with one attached hydrogen (secondary N) is 1. The third-order valence-corrected chi connectivity index (χ3v) is 4.79. The first-order valence-electron chi connectivity index (χ1n) is 7.97. The van der Waals surface area contributed by atoms with Gasteiger partial charge in [0.25, 0.3) is 0 Å². The van der Waals surface area contributed by atoms with Gasteiger partial charge in [0.05, 0.1) is 12.0 Å². The average Bonchev–Trinajstić information content (AvgIpc) is 2.87. The molecule has 2 N–H and O–H groups in total. The molecule has 0 radical (unpaired) electrons. The molecule has 0 spiro atoms. The third-order valence-electron chi connectivity index (χ3n) is 3.54. The van der Waals surface area contributed by atoms with Gasteiger partial charge in [-0.3, -0.25) is 4.79 Å². The number of carboxylic acid groups (broad SMARTS) is 1. The summed E-state index contributed by atoms with van der Waals surface area (Å²) in [6, 6.07) is 4.57. The highest BCUT2D eigenvalue weighted by Crippen LogP contribution is 2.29. The standard InChI is InChI=1S/C18H22ClNO4S/c1-18(2,3)24-7-6-14(17(22)23)20-16(21)8-11-10-25-15-5-4-12(19)9-13(11)15/h4-5,9-10,14H,6-8H2,1-3H3,(H,20,21)(H,22,23). The number of ether oxygens (including phenoxy) is 1. The molecule has 5 nitrogen and oxygen atoms in total. The van der Waals surface area contributed by atoms with Crippen molar-refractivity contribution in [2.24, 2.45) is 0 Å². The third kappa shape index (κ3) is 5.99. The predicted octanol–water partition coefficient (Wildman–Crippen LogP) is 3.87. The van der Waals surface area contributed by atoms with E-state index in [1.54, 1.807) is 6.07 Å². The average molecular weight is 384 g/mol. The van der Waals surface area contributed by atoms with Crippen LogP contribution in [0.15, 0.2) is 23.6 Å². The Labute approximate surface area is 155 Å². The van der Waals surface area contributed by atoms with E-state index in [4.69, 9.17) is 16.3 Å². The van der Waals surface area contributed by atoms with Crippen molar-refractivity contribution in [3.8, 4) is 0 Å². The number of halogens is 1. The van der Waals surface area contributed by atoms with Crippen LogP contribution in [-0.4, -0.2) is 35.2 Å². The van der Waals surface area contributed by atoms with Crippen LogP contribution < -0.4 is 5.32 Å². The Hall–Kier alpha value is -1.63. The number of fused-ring (bicyclic) bond motifs is 1. The number of thiophene rings is 1. The fraction of sp³-hybridized carbons (Fsp3) is 0.444. The second-order valence-electron chi connectivity index (χ2n) is 6.79. The Kier molecular flexibility index (Phi) is 6.43. The molecular formula is C18H22ClNO4S. The van der Waals surface area contributed by atoms with Crippen molar-refractivity contribution < 1.29 is 19.4 Å². The van der Waals surface area contributed by atoms with Gasteiger partial charge in [-0.25, -0.2) is 4.79 Å². The molecule has 1 heterocycles. The van der Waals surface area contributed by atoms with E-state index in [-0.39, 0.29) is 31.0 Å². The van der Waals surface area contributed by atoms with Crippen molar-refractivity contribution in [1.29, 1.82) is 0 Å². The fourth-order valence-corrected chi connectivity index (χ4v) is 3.46. The minimum Gasteiger partial charge on any atom is -0.480 e. The highest BCUT2D eigenvalue weighted by molar-refractivity contribution is 7.17. The molecule has 0 saturated heterocycles. The second kappa shape index (κ2) is 8.17. The molecule has 1 unspecified atom stereocenters. The molecule has 0 aliphatic heterocycles. The maximum absolute atomic E-state index is 12.3. The molecule has 0 bridgehead atoms. The molecule has 0 aliphatic rings. The van der Waals surface area contributed by atoms with Crippen molar-refractivity contribution in [1.82, 2.24) is 5.32 Å². The van der Waals surface area contributed by atoms with Gasteiger partial charge in [0.15, 0.2) is 0 Å². The van der Waals surface area contributed by atoms with E-state index in [2.05, 4.69) is 5.32 Å². The van der Waals surface area contributed by atoms with Crippen molar-refractivity contribution >= 4 is 44.9 Å². The van der Waals surface area contributed by atoms with Crippen LogP contribution in [0.25, 0.3) is 10.1 Å². The zero-order chi connectivity index (χ0) is 18.6. The lowest BCUT2D eigenvalue weighted by molar-refractivity contribution is -0.142. The van der Waals surface area contributed by atoms with E-state index in [0.717, 1.165) is 15.6 Å². The first-order valence-corrected chi connectivity index (χ1v) is 9.23. The minimum absolute atomic E-state index is 0.115. The Morgan fingerprint density at radius 2 is 2.08 bits per heavy atom. The number of amides is 1. The predicted molar refractivity (Wildman–Crippen MR) is 100 cm³/mol. The second-order valence-corrected chi connectivity index (χ2v) is 8.13. The van der Waals surface area contributed by atoms with Crippen LogP contribution in [0.4, 0.5) is 0 Å². The number of carbonyl (C=O) groups excluding carboxylic acids is 1. The van der Waals surface area contributed by atoms with Crippen LogP contribution in [0.5, 0.6) is 0 Å². The largest absolute Gasteiger partial charge is 0.480 e. The van der Waals surface area contributed by atoms with Crippen molar-refractivity contribution in [3.05, 3.63) is 34.2 Å². The number of carboxylic acids is 1. The Balaban J connectivity index is 1.98. The van der Waals surface area contributed by atoms with Gasteiger partial charge in [-0.15, -0.1) is 11.3 Å². The van der Waals surface area contributed by atoms with Crippen LogP contribution >= 0.6 is 22.9 Å². The Morgan fingerprint density at radius 3 is 2.72 bits per heavy atom. The highest BCUT2D eigenvalue weighted by Gasteiger charge is 2.21. The van der Waals surface area contributed by atoms with Gasteiger partial charge in [-0.1, -0.05) is 11.6 Å². The zero-order valence-corrected chi connectivity index (χ0v) is 16.0. The molecule has 0 fully saturated rings. The van der Waals surface area contributed by atoms with E-state index in [0.29, 0.717) is 5.02 Å². The molecule has 1 aromatic carbocycles. The number of aliphatic carboxylic acids is 1. The molecule has 25 heavy (non-hydrogen) atoms. The van der Waals surface area contributed by atoms with E-state index in [1.807, 2.05) is 38.3 Å². The topological polar surface area (TPSA) is 75.6 Å². The molecule has 1 atom stereocenters. The molecule has 7 heteroatoms. The van der Waals surface area contributed by atoms with Crippen molar-refractivity contribution in [2.75, 3.05) is 6.61 Å². The van der Waals surface area contributed by atoms with E-state index in [9.17, 15) is 14.7 Å². The normalized spacial score (nSPS) is 13.0. The quantitative estimate of drug-likeness (QED) is 0.760. The lowest BCUT2D eigenvalue weighted by atomic mass is 10.1. The molecular weight excluding hydrogens is 362 g/mol. The summed E-state index contributed by atoms with van der Waals surface area (Å²) in [5.41, 5.74) is 0.497. The summed E-state index contributed by atoms with van der Waals surface area (Å²) >= 11 is 7.55. The van der Waals surface area contributed by atoms with Gasteiger partial charge in [0.1, 0.15) is 6.04 Å². The van der Waals surface area contributed by atoms with Crippen LogP contribution in [0.1, 0.15) is 32.8 Å². The number of hydrogen-bond acceptors (Lipinski definition) is 4. The number of rotatable bonds is 7. The molecule has 2 aromatic rings. The SMILES string of the molecule is CC(C)(C)OCCC(NC(=O)Cc1csc2ccc(Cl)cc12)C(=O)O. The van der Waals surface area contributed by atoms with Crippen LogP contribution in [-0.2, 0) is 20.7 Å². The van der Waals surface area contributed by atoms with Gasteiger partial charge >= 0.3 is 5.97 Å².